The number of primary amides is 1. The number of anilines is 1. The van der Waals surface area contributed by atoms with E-state index in [0.29, 0.717) is 15.6 Å². The van der Waals surface area contributed by atoms with Crippen molar-refractivity contribution in [2.45, 2.75) is 19.3 Å². The quantitative estimate of drug-likeness (QED) is 0.620. The van der Waals surface area contributed by atoms with E-state index in [-0.39, 0.29) is 17.7 Å². The van der Waals surface area contributed by atoms with Crippen molar-refractivity contribution in [3.05, 3.63) is 69.7 Å². The fourth-order valence-electron chi connectivity index (χ4n) is 3.50. The molecule has 0 spiro atoms. The highest BCUT2D eigenvalue weighted by Crippen LogP contribution is 2.25. The number of halogens is 2. The highest BCUT2D eigenvalue weighted by molar-refractivity contribution is 6.37. The molecule has 1 heterocycles. The van der Waals surface area contributed by atoms with Crippen LogP contribution in [0.25, 0.3) is 6.08 Å². The van der Waals surface area contributed by atoms with E-state index in [1.54, 1.807) is 24.3 Å². The van der Waals surface area contributed by atoms with Crippen molar-refractivity contribution < 1.29 is 9.59 Å². The number of carbonyl (C=O) groups is 2. The highest BCUT2D eigenvalue weighted by atomic mass is 35.5. The molecular weight excluding hydrogens is 421 g/mol. The third kappa shape index (κ3) is 6.33. The van der Waals surface area contributed by atoms with Crippen molar-refractivity contribution in [2.24, 2.45) is 11.7 Å². The number of nitrogens with two attached hydrogens (primary N) is 1. The van der Waals surface area contributed by atoms with Crippen LogP contribution in [-0.4, -0.2) is 36.3 Å². The van der Waals surface area contributed by atoms with Gasteiger partial charge in [-0.15, -0.1) is 0 Å². The summed E-state index contributed by atoms with van der Waals surface area (Å²) in [4.78, 5) is 25.8. The van der Waals surface area contributed by atoms with Crippen molar-refractivity contribution in [3.8, 4) is 0 Å². The molecule has 3 N–H and O–H groups in total. The normalized spacial score (nSPS) is 15.4. The van der Waals surface area contributed by atoms with E-state index >= 15 is 0 Å². The third-order valence-corrected chi connectivity index (χ3v) is 5.99. The van der Waals surface area contributed by atoms with Crippen LogP contribution in [0.4, 0.5) is 5.69 Å². The molecule has 0 saturated carbocycles. The predicted octanol–water partition coefficient (Wildman–Crippen LogP) is 4.39. The molecule has 7 heteroatoms. The maximum absolute atomic E-state index is 12.2. The number of nitrogens with zero attached hydrogens (tertiary/aromatic N) is 1. The van der Waals surface area contributed by atoms with E-state index in [4.69, 9.17) is 28.9 Å². The number of hydrogen-bond acceptors (Lipinski definition) is 3. The lowest BCUT2D eigenvalue weighted by molar-refractivity contribution is -0.123. The Kier molecular flexibility index (Phi) is 7.91. The Morgan fingerprint density at radius 3 is 2.30 bits per heavy atom. The van der Waals surface area contributed by atoms with Crippen molar-refractivity contribution in [3.63, 3.8) is 0 Å². The minimum Gasteiger partial charge on any atom is -0.369 e. The number of piperidine rings is 1. The molecule has 5 nitrogen and oxygen atoms in total. The second kappa shape index (κ2) is 10.6. The van der Waals surface area contributed by atoms with Gasteiger partial charge in [-0.3, -0.25) is 9.59 Å². The summed E-state index contributed by atoms with van der Waals surface area (Å²) in [5, 5.41) is 3.82. The summed E-state index contributed by atoms with van der Waals surface area (Å²) in [5.74, 6) is -0.416. The molecule has 158 valence electrons. The van der Waals surface area contributed by atoms with Gasteiger partial charge >= 0.3 is 0 Å². The lowest BCUT2D eigenvalue weighted by Gasteiger charge is -2.30. The molecule has 1 aliphatic heterocycles. The molecule has 0 aromatic heterocycles. The van der Waals surface area contributed by atoms with Gasteiger partial charge < -0.3 is 16.0 Å². The zero-order valence-electron chi connectivity index (χ0n) is 16.6. The Morgan fingerprint density at radius 2 is 1.70 bits per heavy atom. The van der Waals surface area contributed by atoms with Crippen LogP contribution in [0.2, 0.25) is 10.0 Å². The summed E-state index contributed by atoms with van der Waals surface area (Å²) in [6.07, 6.45) is 5.62. The minimum atomic E-state index is -0.254. The first-order valence-electron chi connectivity index (χ1n) is 9.96. The summed E-state index contributed by atoms with van der Waals surface area (Å²) >= 11 is 12.2. The molecule has 1 fully saturated rings. The number of hydrogen-bond donors (Lipinski definition) is 2. The number of benzene rings is 2. The molecule has 0 atom stereocenters. The number of carbonyl (C=O) groups excluding carboxylic acids is 2. The smallest absolute Gasteiger partial charge is 0.248 e. The van der Waals surface area contributed by atoms with E-state index in [0.717, 1.165) is 44.6 Å². The number of rotatable bonds is 7. The van der Waals surface area contributed by atoms with Gasteiger partial charge in [0.1, 0.15) is 0 Å². The van der Waals surface area contributed by atoms with Gasteiger partial charge in [-0.05, 0) is 68.3 Å². The van der Waals surface area contributed by atoms with E-state index in [2.05, 4.69) is 10.2 Å². The predicted molar refractivity (Wildman–Crippen MR) is 123 cm³/mol. The molecule has 0 bridgehead atoms. The molecule has 2 aromatic rings. The molecule has 2 aromatic carbocycles. The first kappa shape index (κ1) is 22.3. The molecule has 2 amide bonds. The molecular formula is C23H25Cl2N3O2. The van der Waals surface area contributed by atoms with Gasteiger partial charge in [-0.1, -0.05) is 41.4 Å². The molecule has 3 rings (SSSR count). The van der Waals surface area contributed by atoms with Gasteiger partial charge in [-0.2, -0.15) is 0 Å². The van der Waals surface area contributed by atoms with Crippen LogP contribution in [0, 0.1) is 5.92 Å². The maximum Gasteiger partial charge on any atom is 0.248 e. The Hall–Kier alpha value is -2.34. The van der Waals surface area contributed by atoms with Gasteiger partial charge in [0.2, 0.25) is 11.8 Å². The van der Waals surface area contributed by atoms with Crippen LogP contribution >= 0.6 is 23.2 Å². The summed E-state index contributed by atoms with van der Waals surface area (Å²) in [6.45, 7) is 2.76. The van der Waals surface area contributed by atoms with Crippen LogP contribution in [0.1, 0.15) is 24.0 Å². The molecule has 1 aliphatic rings. The fraction of sp³-hybridized carbons (Fsp3) is 0.304. The van der Waals surface area contributed by atoms with Crippen molar-refractivity contribution in [1.82, 2.24) is 4.90 Å². The number of amides is 2. The second-order valence-electron chi connectivity index (χ2n) is 7.42. The summed E-state index contributed by atoms with van der Waals surface area (Å²) in [7, 11) is 0. The van der Waals surface area contributed by atoms with Gasteiger partial charge in [-0.25, -0.2) is 0 Å². The minimum absolute atomic E-state index is 0.0205. The average molecular weight is 446 g/mol. The zero-order chi connectivity index (χ0) is 21.5. The fourth-order valence-corrected chi connectivity index (χ4v) is 4.02. The summed E-state index contributed by atoms with van der Waals surface area (Å²) < 4.78 is 0. The molecule has 0 radical (unpaired) electrons. The Labute approximate surface area is 186 Å². The second-order valence-corrected chi connectivity index (χ2v) is 8.24. The zero-order valence-corrected chi connectivity index (χ0v) is 18.1. The molecule has 30 heavy (non-hydrogen) atoms. The standard InChI is InChI=1S/C23H25Cl2N3O2/c24-20-2-1-3-21(25)19(20)8-9-22(29)27-18-6-4-16(5-7-18)10-13-28-14-11-17(12-15-28)23(26)30/h1-9,17H,10-15H2,(H2,26,30)(H,27,29)/b9-8+. The van der Waals surface area contributed by atoms with Crippen molar-refractivity contribution in [1.29, 1.82) is 0 Å². The van der Waals surface area contributed by atoms with Crippen LogP contribution in [0.15, 0.2) is 48.5 Å². The SMILES string of the molecule is NC(=O)C1CCN(CCc2ccc(NC(=O)/C=C/c3c(Cl)cccc3Cl)cc2)CC1. The number of likely N-dealkylation sites (tertiary alicyclic amines) is 1. The first-order chi connectivity index (χ1) is 14.4. The number of nitrogens with one attached hydrogen (secondary N) is 1. The highest BCUT2D eigenvalue weighted by Gasteiger charge is 2.22. The molecule has 0 unspecified atom stereocenters. The van der Waals surface area contributed by atoms with Gasteiger partial charge in [0, 0.05) is 39.8 Å². The Morgan fingerprint density at radius 1 is 1.07 bits per heavy atom. The maximum atomic E-state index is 12.2. The van der Waals surface area contributed by atoms with Crippen LogP contribution in [0.3, 0.4) is 0 Å². The van der Waals surface area contributed by atoms with E-state index in [9.17, 15) is 9.59 Å². The lowest BCUT2D eigenvalue weighted by atomic mass is 9.96. The van der Waals surface area contributed by atoms with E-state index < -0.39 is 0 Å². The van der Waals surface area contributed by atoms with Crippen molar-refractivity contribution >= 4 is 46.8 Å². The lowest BCUT2D eigenvalue weighted by Crippen LogP contribution is -2.39. The van der Waals surface area contributed by atoms with Crippen LogP contribution in [0.5, 0.6) is 0 Å². The molecule has 1 saturated heterocycles. The van der Waals surface area contributed by atoms with Crippen molar-refractivity contribution in [2.75, 3.05) is 25.0 Å². The van der Waals surface area contributed by atoms with Gasteiger partial charge in [0.05, 0.1) is 0 Å². The van der Waals surface area contributed by atoms with E-state index in [1.807, 2.05) is 24.3 Å². The van der Waals surface area contributed by atoms with Gasteiger partial charge in [0.25, 0.3) is 0 Å². The Balaban J connectivity index is 1.47. The van der Waals surface area contributed by atoms with E-state index in [1.165, 1.54) is 11.6 Å². The van der Waals surface area contributed by atoms with Crippen LogP contribution in [-0.2, 0) is 16.0 Å². The molecule has 0 aliphatic carbocycles. The monoisotopic (exact) mass is 445 g/mol. The Bertz CT molecular complexity index is 900. The first-order valence-corrected chi connectivity index (χ1v) is 10.7. The van der Waals surface area contributed by atoms with Crippen LogP contribution < -0.4 is 11.1 Å². The topological polar surface area (TPSA) is 75.4 Å². The van der Waals surface area contributed by atoms with Gasteiger partial charge in [0.15, 0.2) is 0 Å². The summed E-state index contributed by atoms with van der Waals surface area (Å²) in [6, 6.07) is 13.0. The largest absolute Gasteiger partial charge is 0.369 e. The summed E-state index contributed by atoms with van der Waals surface area (Å²) in [5.41, 5.74) is 7.92. The average Bonchev–Trinajstić information content (AvgIpc) is 2.73. The third-order valence-electron chi connectivity index (χ3n) is 5.33.